The number of nitro groups is 1. The highest BCUT2D eigenvalue weighted by atomic mass is 32.1. The van der Waals surface area contributed by atoms with Gasteiger partial charge in [0.15, 0.2) is 0 Å². The average molecular weight is 374 g/mol. The maximum absolute atomic E-state index is 12.3. The first-order valence-corrected chi connectivity index (χ1v) is 9.06. The second kappa shape index (κ2) is 7.96. The number of thiophene rings is 1. The van der Waals surface area contributed by atoms with Crippen molar-refractivity contribution in [3.8, 4) is 0 Å². The first-order chi connectivity index (χ1) is 12.5. The summed E-state index contributed by atoms with van der Waals surface area (Å²) in [5.74, 6) is -0.387. The lowest BCUT2D eigenvalue weighted by Crippen LogP contribution is -2.51. The predicted octanol–water partition coefficient (Wildman–Crippen LogP) is 1.73. The molecule has 1 aromatic heterocycles. The van der Waals surface area contributed by atoms with Gasteiger partial charge in [-0.25, -0.2) is 0 Å². The monoisotopic (exact) mass is 374 g/mol. The number of anilines is 1. The normalized spacial score (nSPS) is 14.2. The van der Waals surface area contributed by atoms with Crippen LogP contribution in [0.2, 0.25) is 0 Å². The highest BCUT2D eigenvalue weighted by Gasteiger charge is 2.22. The maximum Gasteiger partial charge on any atom is 0.271 e. The van der Waals surface area contributed by atoms with Crippen LogP contribution in [0.15, 0.2) is 41.1 Å². The summed E-state index contributed by atoms with van der Waals surface area (Å²) in [6, 6.07) is 8.19. The van der Waals surface area contributed by atoms with E-state index in [1.807, 2.05) is 16.3 Å². The van der Waals surface area contributed by atoms with Gasteiger partial charge in [-0.1, -0.05) is 6.07 Å². The van der Waals surface area contributed by atoms with Gasteiger partial charge in [-0.15, -0.1) is 0 Å². The van der Waals surface area contributed by atoms with Crippen LogP contribution in [0.1, 0.15) is 10.4 Å². The summed E-state index contributed by atoms with van der Waals surface area (Å²) in [6.07, 6.45) is 0. The summed E-state index contributed by atoms with van der Waals surface area (Å²) in [4.78, 5) is 38.3. The minimum absolute atomic E-state index is 0.0362. The van der Waals surface area contributed by atoms with E-state index >= 15 is 0 Å². The van der Waals surface area contributed by atoms with Crippen LogP contribution in [0.4, 0.5) is 11.4 Å². The molecule has 2 aromatic rings. The van der Waals surface area contributed by atoms with Crippen LogP contribution >= 0.6 is 11.3 Å². The van der Waals surface area contributed by atoms with E-state index in [1.165, 1.54) is 17.4 Å². The van der Waals surface area contributed by atoms with Crippen molar-refractivity contribution in [1.29, 1.82) is 0 Å². The van der Waals surface area contributed by atoms with Crippen molar-refractivity contribution >= 4 is 34.5 Å². The SMILES string of the molecule is O=C(NCC(=O)N1CCN(c2cccc([N+](=O)[O-])c2)CC1)c1ccsc1. The molecule has 0 aliphatic carbocycles. The summed E-state index contributed by atoms with van der Waals surface area (Å²) >= 11 is 1.43. The largest absolute Gasteiger partial charge is 0.368 e. The van der Waals surface area contributed by atoms with Gasteiger partial charge < -0.3 is 15.1 Å². The van der Waals surface area contributed by atoms with E-state index in [2.05, 4.69) is 5.32 Å². The van der Waals surface area contributed by atoms with E-state index in [9.17, 15) is 19.7 Å². The van der Waals surface area contributed by atoms with Crippen molar-refractivity contribution in [2.24, 2.45) is 0 Å². The third-order valence-electron chi connectivity index (χ3n) is 4.22. The molecule has 1 aromatic carbocycles. The number of benzene rings is 1. The van der Waals surface area contributed by atoms with Gasteiger partial charge in [0.2, 0.25) is 5.91 Å². The van der Waals surface area contributed by atoms with Gasteiger partial charge in [0.1, 0.15) is 0 Å². The van der Waals surface area contributed by atoms with Crippen molar-refractivity contribution in [3.63, 3.8) is 0 Å². The number of nitro benzene ring substituents is 1. The summed E-state index contributed by atoms with van der Waals surface area (Å²) in [5, 5.41) is 17.1. The van der Waals surface area contributed by atoms with E-state index in [-0.39, 0.29) is 24.0 Å². The Morgan fingerprint density at radius 2 is 1.96 bits per heavy atom. The third kappa shape index (κ3) is 4.17. The zero-order valence-electron chi connectivity index (χ0n) is 14.0. The number of hydrogen-bond donors (Lipinski definition) is 1. The fourth-order valence-corrected chi connectivity index (χ4v) is 3.42. The fraction of sp³-hybridized carbons (Fsp3) is 0.294. The van der Waals surface area contributed by atoms with Gasteiger partial charge in [0.05, 0.1) is 11.5 Å². The third-order valence-corrected chi connectivity index (χ3v) is 4.90. The average Bonchev–Trinajstić information content (AvgIpc) is 3.21. The van der Waals surface area contributed by atoms with Crippen molar-refractivity contribution in [1.82, 2.24) is 10.2 Å². The highest BCUT2D eigenvalue weighted by molar-refractivity contribution is 7.08. The molecular weight excluding hydrogens is 356 g/mol. The highest BCUT2D eigenvalue weighted by Crippen LogP contribution is 2.22. The quantitative estimate of drug-likeness (QED) is 0.635. The molecule has 9 heteroatoms. The Balaban J connectivity index is 1.50. The maximum atomic E-state index is 12.3. The summed E-state index contributed by atoms with van der Waals surface area (Å²) in [5.41, 5.74) is 1.38. The number of non-ortho nitro benzene ring substituents is 1. The molecule has 0 atom stereocenters. The number of nitrogens with zero attached hydrogens (tertiary/aromatic N) is 3. The van der Waals surface area contributed by atoms with Crippen molar-refractivity contribution in [3.05, 3.63) is 56.8 Å². The van der Waals surface area contributed by atoms with Crippen LogP contribution in [-0.4, -0.2) is 54.4 Å². The van der Waals surface area contributed by atoms with Crippen LogP contribution < -0.4 is 10.2 Å². The van der Waals surface area contributed by atoms with Gasteiger partial charge in [-0.3, -0.25) is 19.7 Å². The molecule has 0 saturated carbocycles. The van der Waals surface area contributed by atoms with Crippen molar-refractivity contribution in [2.75, 3.05) is 37.6 Å². The molecule has 1 aliphatic rings. The number of amides is 2. The van der Waals surface area contributed by atoms with Gasteiger partial charge in [-0.05, 0) is 17.5 Å². The molecular formula is C17H18N4O4S. The van der Waals surface area contributed by atoms with Crippen LogP contribution in [-0.2, 0) is 4.79 Å². The van der Waals surface area contributed by atoms with Crippen LogP contribution in [0.5, 0.6) is 0 Å². The molecule has 0 bridgehead atoms. The van der Waals surface area contributed by atoms with E-state index in [0.717, 1.165) is 5.69 Å². The number of carbonyl (C=O) groups is 2. The lowest BCUT2D eigenvalue weighted by Gasteiger charge is -2.36. The van der Waals surface area contributed by atoms with Gasteiger partial charge in [0, 0.05) is 54.9 Å². The standard InChI is InChI=1S/C17H18N4O4S/c22-16(11-18-17(23)13-4-9-26-12-13)20-7-5-19(6-8-20)14-2-1-3-15(10-14)21(24)25/h1-4,9-10,12H,5-8,11H2,(H,18,23). The Hall–Kier alpha value is -2.94. The Bertz CT molecular complexity index is 801. The van der Waals surface area contributed by atoms with Crippen LogP contribution in [0.25, 0.3) is 0 Å². The number of carbonyl (C=O) groups excluding carboxylic acids is 2. The summed E-state index contributed by atoms with van der Waals surface area (Å²) in [7, 11) is 0. The molecule has 136 valence electrons. The Morgan fingerprint density at radius 1 is 1.19 bits per heavy atom. The lowest BCUT2D eigenvalue weighted by molar-refractivity contribution is -0.384. The second-order valence-electron chi connectivity index (χ2n) is 5.84. The molecule has 1 saturated heterocycles. The van der Waals surface area contributed by atoms with Crippen LogP contribution in [0.3, 0.4) is 0 Å². The number of rotatable bonds is 5. The molecule has 3 rings (SSSR count). The Kier molecular flexibility index (Phi) is 5.47. The first-order valence-electron chi connectivity index (χ1n) is 8.12. The minimum Gasteiger partial charge on any atom is -0.368 e. The van der Waals surface area contributed by atoms with Crippen molar-refractivity contribution in [2.45, 2.75) is 0 Å². The molecule has 1 aliphatic heterocycles. The lowest BCUT2D eigenvalue weighted by atomic mass is 10.2. The van der Waals surface area contributed by atoms with Crippen molar-refractivity contribution < 1.29 is 14.5 Å². The number of piperazine rings is 1. The van der Waals surface area contributed by atoms with E-state index in [1.54, 1.807) is 28.5 Å². The molecule has 1 fully saturated rings. The van der Waals surface area contributed by atoms with E-state index in [4.69, 9.17) is 0 Å². The van der Waals surface area contributed by atoms with Crippen LogP contribution in [0, 0.1) is 10.1 Å². The summed E-state index contributed by atoms with van der Waals surface area (Å²) in [6.45, 7) is 2.16. The second-order valence-corrected chi connectivity index (χ2v) is 6.62. The smallest absolute Gasteiger partial charge is 0.271 e. The molecule has 26 heavy (non-hydrogen) atoms. The molecule has 0 radical (unpaired) electrons. The Labute approximate surface area is 154 Å². The van der Waals surface area contributed by atoms with Gasteiger partial charge in [0.25, 0.3) is 11.6 Å². The molecule has 8 nitrogen and oxygen atoms in total. The fourth-order valence-electron chi connectivity index (χ4n) is 2.78. The zero-order valence-corrected chi connectivity index (χ0v) is 14.8. The molecule has 0 unspecified atom stereocenters. The van der Waals surface area contributed by atoms with E-state index in [0.29, 0.717) is 31.7 Å². The first kappa shape index (κ1) is 17.9. The number of hydrogen-bond acceptors (Lipinski definition) is 6. The topological polar surface area (TPSA) is 95.8 Å². The molecule has 2 amide bonds. The van der Waals surface area contributed by atoms with Gasteiger partial charge >= 0.3 is 0 Å². The predicted molar refractivity (Wildman–Crippen MR) is 98.5 cm³/mol. The van der Waals surface area contributed by atoms with E-state index < -0.39 is 4.92 Å². The zero-order chi connectivity index (χ0) is 18.5. The summed E-state index contributed by atoms with van der Waals surface area (Å²) < 4.78 is 0. The molecule has 0 spiro atoms. The Morgan fingerprint density at radius 3 is 2.62 bits per heavy atom. The minimum atomic E-state index is -0.417. The number of nitrogens with one attached hydrogen (secondary N) is 1. The van der Waals surface area contributed by atoms with Gasteiger partial charge in [-0.2, -0.15) is 11.3 Å². The molecule has 1 N–H and O–H groups in total. The molecule has 2 heterocycles.